The fourth-order valence-electron chi connectivity index (χ4n) is 4.46. The van der Waals surface area contributed by atoms with Crippen LogP contribution < -0.4 is 15.4 Å². The van der Waals surface area contributed by atoms with Crippen molar-refractivity contribution in [3.8, 4) is 5.75 Å². The Morgan fingerprint density at radius 3 is 2.74 bits per heavy atom. The number of pyridine rings is 1. The van der Waals surface area contributed by atoms with Crippen LogP contribution >= 0.6 is 0 Å². The van der Waals surface area contributed by atoms with E-state index in [0.717, 1.165) is 63.1 Å². The number of piperidine rings is 1. The van der Waals surface area contributed by atoms with Gasteiger partial charge in [0.1, 0.15) is 11.6 Å². The minimum absolute atomic E-state index is 0.0548. The van der Waals surface area contributed by atoms with Crippen molar-refractivity contribution < 1.29 is 14.3 Å². The summed E-state index contributed by atoms with van der Waals surface area (Å²) in [5.41, 5.74) is 1.21. The molecule has 2 aliphatic heterocycles. The Bertz CT molecular complexity index is 974. The molecule has 1 aromatic heterocycles. The molecule has 2 amide bonds. The number of ether oxygens (including phenoxy) is 1. The van der Waals surface area contributed by atoms with Gasteiger partial charge in [-0.3, -0.25) is 9.59 Å². The summed E-state index contributed by atoms with van der Waals surface area (Å²) in [6.07, 6.45) is 7.30. The maximum absolute atomic E-state index is 13.6. The van der Waals surface area contributed by atoms with Gasteiger partial charge in [-0.2, -0.15) is 0 Å². The zero-order valence-corrected chi connectivity index (χ0v) is 20.0. The Labute approximate surface area is 201 Å². The number of aromatic nitrogens is 1. The molecule has 4 rings (SSSR count). The van der Waals surface area contributed by atoms with Gasteiger partial charge in [-0.25, -0.2) is 4.98 Å². The maximum Gasteiger partial charge on any atom is 0.258 e. The molecule has 2 N–H and O–H groups in total. The molecule has 2 aliphatic rings. The molecule has 1 saturated heterocycles. The van der Waals surface area contributed by atoms with Crippen LogP contribution in [0.1, 0.15) is 48.9 Å². The largest absolute Gasteiger partial charge is 0.491 e. The first-order chi connectivity index (χ1) is 16.6. The molecular formula is C26H35N5O3. The smallest absolute Gasteiger partial charge is 0.258 e. The van der Waals surface area contributed by atoms with Gasteiger partial charge in [0, 0.05) is 18.8 Å². The second-order valence-electron chi connectivity index (χ2n) is 9.16. The van der Waals surface area contributed by atoms with Gasteiger partial charge in [-0.1, -0.05) is 25.0 Å². The van der Waals surface area contributed by atoms with Crippen LogP contribution in [0, 0.1) is 0 Å². The number of nitrogens with zero attached hydrogens (tertiary/aromatic N) is 3. The summed E-state index contributed by atoms with van der Waals surface area (Å²) < 4.78 is 5.99. The molecule has 0 radical (unpaired) electrons. The van der Waals surface area contributed by atoms with Gasteiger partial charge in [0.05, 0.1) is 24.4 Å². The first kappa shape index (κ1) is 24.0. The normalized spacial score (nSPS) is 18.6. The minimum atomic E-state index is -0.190. The second-order valence-corrected chi connectivity index (χ2v) is 9.16. The van der Waals surface area contributed by atoms with Crippen LogP contribution in [0.25, 0.3) is 0 Å². The number of rotatable bonds is 3. The highest BCUT2D eigenvalue weighted by molar-refractivity contribution is 6.01. The van der Waals surface area contributed by atoms with Crippen molar-refractivity contribution >= 4 is 23.3 Å². The molecule has 0 spiro atoms. The lowest BCUT2D eigenvalue weighted by Crippen LogP contribution is -2.48. The molecule has 34 heavy (non-hydrogen) atoms. The van der Waals surface area contributed by atoms with Crippen LogP contribution in [0.3, 0.4) is 0 Å². The fourth-order valence-corrected chi connectivity index (χ4v) is 4.46. The topological polar surface area (TPSA) is 86.8 Å². The summed E-state index contributed by atoms with van der Waals surface area (Å²) in [7, 11) is 2.10. The summed E-state index contributed by atoms with van der Waals surface area (Å²) in [5, 5.41) is 6.42. The lowest BCUT2D eigenvalue weighted by molar-refractivity contribution is -0.122. The summed E-state index contributed by atoms with van der Waals surface area (Å²) in [6.45, 7) is 3.17. The van der Waals surface area contributed by atoms with E-state index in [1.165, 1.54) is 0 Å². The standard InChI is InChI=1S/C26H35N5O3/c1-30-16-12-20(13-17-30)28-24(32)19-31-15-6-2-3-7-18-34-23-11-5-4-10-22(23)29-25-21(26(31)33)9-8-14-27-25/h4-5,8-11,14,20H,2-3,6-7,12-13,15-19H2,1H3,(H,27,29)(H,28,32). The summed E-state index contributed by atoms with van der Waals surface area (Å²) >= 11 is 0. The van der Waals surface area contributed by atoms with Gasteiger partial charge >= 0.3 is 0 Å². The van der Waals surface area contributed by atoms with Crippen molar-refractivity contribution in [3.63, 3.8) is 0 Å². The number of para-hydroxylation sites is 2. The van der Waals surface area contributed by atoms with Crippen LogP contribution in [0.2, 0.25) is 0 Å². The Balaban J connectivity index is 1.53. The van der Waals surface area contributed by atoms with E-state index in [1.54, 1.807) is 23.2 Å². The third-order valence-corrected chi connectivity index (χ3v) is 6.46. The highest BCUT2D eigenvalue weighted by Gasteiger charge is 2.24. The molecule has 1 fully saturated rings. The first-order valence-electron chi connectivity index (χ1n) is 12.3. The van der Waals surface area contributed by atoms with Crippen molar-refractivity contribution in [2.24, 2.45) is 0 Å². The van der Waals surface area contributed by atoms with Crippen molar-refractivity contribution in [1.29, 1.82) is 0 Å². The number of likely N-dealkylation sites (tertiary alicyclic amines) is 1. The van der Waals surface area contributed by atoms with Crippen LogP contribution in [0.15, 0.2) is 42.6 Å². The van der Waals surface area contributed by atoms with E-state index in [1.807, 2.05) is 24.3 Å². The molecule has 2 aromatic rings. The van der Waals surface area contributed by atoms with Crippen molar-refractivity contribution in [2.45, 2.75) is 44.6 Å². The average molecular weight is 466 g/mol. The third kappa shape index (κ3) is 6.47. The van der Waals surface area contributed by atoms with Crippen molar-refractivity contribution in [3.05, 3.63) is 48.2 Å². The molecule has 0 aliphatic carbocycles. The summed E-state index contributed by atoms with van der Waals surface area (Å²) in [4.78, 5) is 34.9. The number of nitrogens with one attached hydrogen (secondary N) is 2. The fraction of sp³-hybridized carbons (Fsp3) is 0.500. The monoisotopic (exact) mass is 465 g/mol. The first-order valence-corrected chi connectivity index (χ1v) is 12.3. The van der Waals surface area contributed by atoms with Crippen LogP contribution in [-0.4, -0.2) is 72.5 Å². The Morgan fingerprint density at radius 1 is 1.09 bits per heavy atom. The number of anilines is 2. The van der Waals surface area contributed by atoms with Gasteiger partial charge < -0.3 is 25.2 Å². The molecule has 0 unspecified atom stereocenters. The van der Waals surface area contributed by atoms with Crippen molar-refractivity contribution in [2.75, 3.05) is 45.2 Å². The highest BCUT2D eigenvalue weighted by atomic mass is 16.5. The third-order valence-electron chi connectivity index (χ3n) is 6.46. The Morgan fingerprint density at radius 2 is 1.88 bits per heavy atom. The van der Waals surface area contributed by atoms with Gasteiger partial charge in [-0.05, 0) is 70.1 Å². The van der Waals surface area contributed by atoms with Crippen LogP contribution in [0.4, 0.5) is 11.5 Å². The second kappa shape index (κ2) is 11.8. The molecule has 8 heteroatoms. The zero-order chi connectivity index (χ0) is 23.8. The van der Waals surface area contributed by atoms with Crippen LogP contribution in [0.5, 0.6) is 5.75 Å². The van der Waals surface area contributed by atoms with E-state index in [4.69, 9.17) is 4.74 Å². The van der Waals surface area contributed by atoms with Crippen molar-refractivity contribution in [1.82, 2.24) is 20.1 Å². The number of carbonyl (C=O) groups excluding carboxylic acids is 2. The molecule has 0 saturated carbocycles. The minimum Gasteiger partial charge on any atom is -0.491 e. The lowest BCUT2D eigenvalue weighted by Gasteiger charge is -2.30. The Hall–Kier alpha value is -3.13. The average Bonchev–Trinajstić information content (AvgIpc) is 2.84. The summed E-state index contributed by atoms with van der Waals surface area (Å²) in [6, 6.07) is 11.4. The maximum atomic E-state index is 13.6. The van der Waals surface area contributed by atoms with Gasteiger partial charge in [-0.15, -0.1) is 0 Å². The molecule has 182 valence electrons. The molecule has 1 aromatic carbocycles. The molecule has 0 atom stereocenters. The highest BCUT2D eigenvalue weighted by Crippen LogP contribution is 2.29. The van der Waals surface area contributed by atoms with E-state index in [2.05, 4.69) is 27.6 Å². The van der Waals surface area contributed by atoms with E-state index in [-0.39, 0.29) is 24.4 Å². The SMILES string of the molecule is CN1CCC(NC(=O)CN2CCCCCCOc3ccccc3Nc3ncccc3C2=O)CC1. The molecule has 3 heterocycles. The van der Waals surface area contributed by atoms with E-state index in [0.29, 0.717) is 24.5 Å². The number of amides is 2. The lowest BCUT2D eigenvalue weighted by atomic mass is 10.1. The molecule has 0 bridgehead atoms. The summed E-state index contributed by atoms with van der Waals surface area (Å²) in [5.74, 6) is 0.907. The predicted octanol–water partition coefficient (Wildman–Crippen LogP) is 3.43. The van der Waals surface area contributed by atoms with E-state index < -0.39 is 0 Å². The quantitative estimate of drug-likeness (QED) is 0.722. The molecular weight excluding hydrogens is 430 g/mol. The number of carbonyl (C=O) groups is 2. The number of hydrogen-bond acceptors (Lipinski definition) is 6. The van der Waals surface area contributed by atoms with Crippen LogP contribution in [-0.2, 0) is 4.79 Å². The number of hydrogen-bond donors (Lipinski definition) is 2. The van der Waals surface area contributed by atoms with Gasteiger partial charge in [0.2, 0.25) is 5.91 Å². The number of benzene rings is 1. The molecule has 8 nitrogen and oxygen atoms in total. The number of fused-ring (bicyclic) bond motifs is 2. The van der Waals surface area contributed by atoms with E-state index >= 15 is 0 Å². The zero-order valence-electron chi connectivity index (χ0n) is 20.0. The van der Waals surface area contributed by atoms with Gasteiger partial charge in [0.25, 0.3) is 5.91 Å². The predicted molar refractivity (Wildman–Crippen MR) is 132 cm³/mol. The van der Waals surface area contributed by atoms with E-state index in [9.17, 15) is 9.59 Å². The van der Waals surface area contributed by atoms with Gasteiger partial charge in [0.15, 0.2) is 0 Å². The Kier molecular flexibility index (Phi) is 8.36.